The minimum Gasteiger partial charge on any atom is -0.366 e. The first kappa shape index (κ1) is 23.1. The van der Waals surface area contributed by atoms with Crippen molar-refractivity contribution in [1.82, 2.24) is 14.7 Å². The second kappa shape index (κ2) is 9.52. The first-order valence-corrected chi connectivity index (χ1v) is 11.8. The van der Waals surface area contributed by atoms with Gasteiger partial charge in [-0.25, -0.2) is 0 Å². The Labute approximate surface area is 207 Å². The number of anilines is 3. The van der Waals surface area contributed by atoms with Crippen molar-refractivity contribution in [1.29, 1.82) is 0 Å². The number of hydrogen-bond donors (Lipinski definition) is 1. The molecule has 1 fully saturated rings. The SMILES string of the molecule is C[C@H](C(=O)N1CC(=O)Nc2ccccc21)N1CCN(c2cnn(-c3ccccc3)c(=O)c2Cl)CC1. The van der Waals surface area contributed by atoms with Gasteiger partial charge in [-0.3, -0.25) is 24.2 Å². The molecule has 180 valence electrons. The molecule has 2 aromatic carbocycles. The molecule has 0 unspecified atom stereocenters. The van der Waals surface area contributed by atoms with Crippen molar-refractivity contribution < 1.29 is 9.59 Å². The molecule has 1 N–H and O–H groups in total. The third kappa shape index (κ3) is 4.40. The maximum atomic E-state index is 13.3. The molecule has 5 rings (SSSR count). The van der Waals surface area contributed by atoms with Crippen molar-refractivity contribution in [3.8, 4) is 5.69 Å². The van der Waals surface area contributed by atoms with Crippen LogP contribution in [0, 0.1) is 0 Å². The predicted octanol–water partition coefficient (Wildman–Crippen LogP) is 2.38. The highest BCUT2D eigenvalue weighted by Gasteiger charge is 2.33. The van der Waals surface area contributed by atoms with E-state index in [1.165, 1.54) is 4.68 Å². The molecule has 2 aliphatic rings. The second-order valence-electron chi connectivity index (χ2n) is 8.58. The zero-order valence-corrected chi connectivity index (χ0v) is 20.0. The van der Waals surface area contributed by atoms with E-state index in [4.69, 9.17) is 11.6 Å². The molecular formula is C25H25ClN6O3. The van der Waals surface area contributed by atoms with Crippen molar-refractivity contribution in [3.05, 3.63) is 76.2 Å². The summed E-state index contributed by atoms with van der Waals surface area (Å²) >= 11 is 6.47. The molecule has 0 radical (unpaired) electrons. The van der Waals surface area contributed by atoms with E-state index < -0.39 is 6.04 Å². The van der Waals surface area contributed by atoms with Gasteiger partial charge in [-0.15, -0.1) is 0 Å². The number of nitrogens with zero attached hydrogens (tertiary/aromatic N) is 5. The number of piperazine rings is 1. The topological polar surface area (TPSA) is 90.8 Å². The lowest BCUT2D eigenvalue weighted by molar-refractivity contribution is -0.125. The number of carbonyl (C=O) groups is 2. The summed E-state index contributed by atoms with van der Waals surface area (Å²) in [5, 5.41) is 7.26. The fraction of sp³-hybridized carbons (Fsp3) is 0.280. The van der Waals surface area contributed by atoms with Crippen LogP contribution in [-0.4, -0.2) is 65.3 Å². The minimum absolute atomic E-state index is 0.000858. The van der Waals surface area contributed by atoms with Gasteiger partial charge in [0.15, 0.2) is 0 Å². The Balaban J connectivity index is 1.28. The Bertz CT molecular complexity index is 1320. The van der Waals surface area contributed by atoms with Gasteiger partial charge in [0, 0.05) is 26.2 Å². The lowest BCUT2D eigenvalue weighted by Crippen LogP contribution is -2.56. The maximum absolute atomic E-state index is 13.3. The zero-order valence-electron chi connectivity index (χ0n) is 19.2. The maximum Gasteiger partial charge on any atom is 0.292 e. The molecule has 3 aromatic rings. The summed E-state index contributed by atoms with van der Waals surface area (Å²) in [7, 11) is 0. The van der Waals surface area contributed by atoms with Gasteiger partial charge in [-0.2, -0.15) is 9.78 Å². The van der Waals surface area contributed by atoms with Crippen LogP contribution in [-0.2, 0) is 9.59 Å². The summed E-state index contributed by atoms with van der Waals surface area (Å²) in [6.45, 7) is 4.25. The standard InChI is InChI=1S/C25H25ClN6O3/c1-17(24(34)31-16-22(33)28-19-9-5-6-10-20(19)31)29-11-13-30(14-12-29)21-15-27-32(25(35)23(21)26)18-7-3-2-4-8-18/h2-10,15,17H,11-14,16H2,1H3,(H,28,33)/t17-/m1/s1. The van der Waals surface area contributed by atoms with Crippen LogP contribution in [0.4, 0.5) is 17.1 Å². The van der Waals surface area contributed by atoms with Crippen LogP contribution >= 0.6 is 11.6 Å². The van der Waals surface area contributed by atoms with Gasteiger partial charge in [0.1, 0.15) is 11.6 Å². The lowest BCUT2D eigenvalue weighted by atomic mass is 10.1. The Morgan fingerprint density at radius 1 is 0.971 bits per heavy atom. The summed E-state index contributed by atoms with van der Waals surface area (Å²) in [6.07, 6.45) is 1.62. The molecular weight excluding hydrogens is 468 g/mol. The fourth-order valence-electron chi connectivity index (χ4n) is 4.56. The third-order valence-electron chi connectivity index (χ3n) is 6.50. The highest BCUT2D eigenvalue weighted by molar-refractivity contribution is 6.33. The summed E-state index contributed by atoms with van der Waals surface area (Å²) in [5.74, 6) is -0.327. The van der Waals surface area contributed by atoms with E-state index in [0.29, 0.717) is 48.9 Å². The largest absolute Gasteiger partial charge is 0.366 e. The van der Waals surface area contributed by atoms with Gasteiger partial charge in [0.25, 0.3) is 5.56 Å². The van der Waals surface area contributed by atoms with E-state index in [2.05, 4.69) is 15.3 Å². The molecule has 0 spiro atoms. The number of fused-ring (bicyclic) bond motifs is 1. The van der Waals surface area contributed by atoms with Crippen LogP contribution in [0.2, 0.25) is 5.02 Å². The van der Waals surface area contributed by atoms with Gasteiger partial charge in [-0.05, 0) is 31.2 Å². The normalized spacial score (nSPS) is 17.0. The van der Waals surface area contributed by atoms with Crippen LogP contribution in [0.15, 0.2) is 65.6 Å². The number of aromatic nitrogens is 2. The number of nitrogens with one attached hydrogen (secondary N) is 1. The number of rotatable bonds is 4. The molecule has 35 heavy (non-hydrogen) atoms. The van der Waals surface area contributed by atoms with Gasteiger partial charge in [-0.1, -0.05) is 41.9 Å². The fourth-order valence-corrected chi connectivity index (χ4v) is 4.81. The molecule has 0 saturated carbocycles. The van der Waals surface area contributed by atoms with E-state index in [1.54, 1.807) is 29.3 Å². The Hall–Kier alpha value is -3.69. The van der Waals surface area contributed by atoms with E-state index in [-0.39, 0.29) is 28.9 Å². The van der Waals surface area contributed by atoms with Gasteiger partial charge < -0.3 is 10.2 Å². The lowest BCUT2D eigenvalue weighted by Gasteiger charge is -2.40. The predicted molar refractivity (Wildman–Crippen MR) is 136 cm³/mol. The molecule has 2 aliphatic heterocycles. The Morgan fingerprint density at radius 3 is 2.40 bits per heavy atom. The van der Waals surface area contributed by atoms with E-state index in [1.807, 2.05) is 48.2 Å². The van der Waals surface area contributed by atoms with Gasteiger partial charge >= 0.3 is 0 Å². The number of para-hydroxylation sites is 3. The van der Waals surface area contributed by atoms with Crippen LogP contribution in [0.5, 0.6) is 0 Å². The van der Waals surface area contributed by atoms with Gasteiger partial charge in [0.05, 0.1) is 35.0 Å². The molecule has 0 aliphatic carbocycles. The Morgan fingerprint density at radius 2 is 1.66 bits per heavy atom. The van der Waals surface area contributed by atoms with Crippen molar-refractivity contribution in [3.63, 3.8) is 0 Å². The van der Waals surface area contributed by atoms with E-state index in [9.17, 15) is 14.4 Å². The summed E-state index contributed by atoms with van der Waals surface area (Å²) in [6, 6.07) is 16.0. The highest BCUT2D eigenvalue weighted by atomic mass is 35.5. The zero-order chi connectivity index (χ0) is 24.5. The number of carbonyl (C=O) groups excluding carboxylic acids is 2. The second-order valence-corrected chi connectivity index (χ2v) is 8.96. The van der Waals surface area contributed by atoms with Crippen LogP contribution in [0.25, 0.3) is 5.69 Å². The van der Waals surface area contributed by atoms with Crippen molar-refractivity contribution in [2.24, 2.45) is 0 Å². The summed E-state index contributed by atoms with van der Waals surface area (Å²) in [5.41, 5.74) is 2.21. The molecule has 0 bridgehead atoms. The molecule has 9 nitrogen and oxygen atoms in total. The van der Waals surface area contributed by atoms with Crippen molar-refractivity contribution in [2.75, 3.05) is 47.8 Å². The molecule has 2 amide bonds. The van der Waals surface area contributed by atoms with Crippen LogP contribution in [0.1, 0.15) is 6.92 Å². The van der Waals surface area contributed by atoms with E-state index in [0.717, 1.165) is 0 Å². The molecule has 1 saturated heterocycles. The molecule has 10 heteroatoms. The average molecular weight is 493 g/mol. The summed E-state index contributed by atoms with van der Waals surface area (Å²) in [4.78, 5) is 44.0. The summed E-state index contributed by atoms with van der Waals surface area (Å²) < 4.78 is 1.29. The Kier molecular flexibility index (Phi) is 6.27. The first-order chi connectivity index (χ1) is 16.9. The van der Waals surface area contributed by atoms with Gasteiger partial charge in [0.2, 0.25) is 11.8 Å². The number of benzene rings is 2. The molecule has 1 aromatic heterocycles. The molecule has 1 atom stereocenters. The highest BCUT2D eigenvalue weighted by Crippen LogP contribution is 2.30. The number of halogens is 1. The number of amides is 2. The smallest absolute Gasteiger partial charge is 0.292 e. The van der Waals surface area contributed by atoms with E-state index >= 15 is 0 Å². The van der Waals surface area contributed by atoms with Crippen LogP contribution in [0.3, 0.4) is 0 Å². The minimum atomic E-state index is -0.407. The average Bonchev–Trinajstić information content (AvgIpc) is 2.89. The first-order valence-electron chi connectivity index (χ1n) is 11.5. The van der Waals surface area contributed by atoms with Crippen molar-refractivity contribution >= 4 is 40.5 Å². The third-order valence-corrected chi connectivity index (χ3v) is 6.85. The van der Waals surface area contributed by atoms with Crippen LogP contribution < -0.4 is 20.7 Å². The molecule has 3 heterocycles. The quantitative estimate of drug-likeness (QED) is 0.601. The monoisotopic (exact) mass is 492 g/mol. The van der Waals surface area contributed by atoms with Crippen molar-refractivity contribution in [2.45, 2.75) is 13.0 Å². The number of hydrogen-bond acceptors (Lipinski definition) is 6.